The Morgan fingerprint density at radius 1 is 1.15 bits per heavy atom. The number of ether oxygens (including phenoxy) is 2. The minimum Gasteiger partial charge on any atom is -0.609 e. The Hall–Kier alpha value is -1.56. The number of hydrogen-bond donors (Lipinski definition) is 1. The lowest BCUT2D eigenvalue weighted by Gasteiger charge is -2.13. The van der Waals surface area contributed by atoms with Crippen molar-refractivity contribution in [1.29, 1.82) is 0 Å². The Labute approximate surface area is 176 Å². The second kappa shape index (κ2) is 10.7. The molecule has 0 amide bonds. The van der Waals surface area contributed by atoms with Crippen LogP contribution in [-0.2, 0) is 16.9 Å². The van der Waals surface area contributed by atoms with E-state index in [0.29, 0.717) is 5.16 Å². The lowest BCUT2D eigenvalue weighted by Crippen LogP contribution is -2.10. The van der Waals surface area contributed by atoms with Crippen molar-refractivity contribution in [1.82, 2.24) is 15.0 Å². The number of nitrogens with one attached hydrogen (secondary N) is 1. The van der Waals surface area contributed by atoms with Gasteiger partial charge in [0.15, 0.2) is 5.75 Å². The molecule has 0 saturated carbocycles. The maximum absolute atomic E-state index is 12.7. The van der Waals surface area contributed by atoms with Crippen molar-refractivity contribution in [2.45, 2.75) is 24.8 Å². The number of aromatic nitrogens is 3. The van der Waals surface area contributed by atoms with Gasteiger partial charge in [0.2, 0.25) is 0 Å². The van der Waals surface area contributed by atoms with E-state index in [1.165, 1.54) is 0 Å². The summed E-state index contributed by atoms with van der Waals surface area (Å²) in [7, 11) is 3.23. The van der Waals surface area contributed by atoms with Gasteiger partial charge in [-0.15, -0.1) is 0 Å². The molecular weight excluding hydrogens is 383 g/mol. The highest BCUT2D eigenvalue weighted by Gasteiger charge is 2.21. The van der Waals surface area contributed by atoms with Crippen LogP contribution in [0.15, 0.2) is 29.6 Å². The molecule has 0 radical (unpaired) electrons. The standard InChI is InChI=1S/C17H19N3O3S.Mg.2H2O.2H/c1-10-8-18-15(11(2)16(10)23-4)9-24(21)17-19-13-6-5-12(22-3)7-14(13)20-17;;;;;/h5-8H,9H2,1-4H3,(H,19,20);;2*1H2;;/t24-;;;;;/m1...../s1. The molecule has 5 N–H and O–H groups in total. The molecule has 10 heteroatoms. The summed E-state index contributed by atoms with van der Waals surface area (Å²) in [6.45, 7) is 3.86. The van der Waals surface area contributed by atoms with E-state index >= 15 is 0 Å². The van der Waals surface area contributed by atoms with Crippen LogP contribution in [0.2, 0.25) is 0 Å². The summed E-state index contributed by atoms with van der Waals surface area (Å²) in [6.07, 6.45) is 1.74. The van der Waals surface area contributed by atoms with Gasteiger partial charge in [0.05, 0.1) is 30.9 Å². The van der Waals surface area contributed by atoms with Gasteiger partial charge in [-0.2, -0.15) is 4.98 Å². The fourth-order valence-corrected chi connectivity index (χ4v) is 3.71. The highest BCUT2D eigenvalue weighted by atomic mass is 32.2. The normalized spacial score (nSPS) is 11.0. The van der Waals surface area contributed by atoms with Crippen molar-refractivity contribution in [3.63, 3.8) is 0 Å². The summed E-state index contributed by atoms with van der Waals surface area (Å²) < 4.78 is 23.3. The summed E-state index contributed by atoms with van der Waals surface area (Å²) in [4.78, 5) is 11.9. The van der Waals surface area contributed by atoms with E-state index in [2.05, 4.69) is 15.0 Å². The third-order valence-electron chi connectivity index (χ3n) is 3.90. The number of pyridine rings is 1. The second-order valence-electron chi connectivity index (χ2n) is 5.46. The van der Waals surface area contributed by atoms with Crippen LogP contribution in [0.4, 0.5) is 0 Å². The Morgan fingerprint density at radius 2 is 1.85 bits per heavy atom. The zero-order chi connectivity index (χ0) is 17.3. The molecule has 0 fully saturated rings. The lowest BCUT2D eigenvalue weighted by atomic mass is 10.1. The molecule has 0 spiro atoms. The molecule has 0 aliphatic rings. The summed E-state index contributed by atoms with van der Waals surface area (Å²) in [6, 6.07) is 5.50. The highest BCUT2D eigenvalue weighted by molar-refractivity contribution is 7.90. The fraction of sp³-hybridized carbons (Fsp3) is 0.294. The van der Waals surface area contributed by atoms with Crippen LogP contribution in [0, 0.1) is 13.8 Å². The second-order valence-corrected chi connectivity index (χ2v) is 6.83. The third-order valence-corrected chi connectivity index (χ3v) is 5.06. The maximum atomic E-state index is 12.7. The van der Waals surface area contributed by atoms with Crippen molar-refractivity contribution in [2.75, 3.05) is 14.2 Å². The number of methoxy groups -OCH3 is 2. The summed E-state index contributed by atoms with van der Waals surface area (Å²) in [5.74, 6) is 1.79. The van der Waals surface area contributed by atoms with Crippen LogP contribution in [0.5, 0.6) is 11.5 Å². The summed E-state index contributed by atoms with van der Waals surface area (Å²) >= 11 is -1.33. The first kappa shape index (κ1) is 25.4. The van der Waals surface area contributed by atoms with Crippen LogP contribution in [0.25, 0.3) is 11.0 Å². The van der Waals surface area contributed by atoms with Gasteiger partial charge in [-0.25, -0.2) is 0 Å². The van der Waals surface area contributed by atoms with E-state index in [-0.39, 0.29) is 39.8 Å². The first-order valence-electron chi connectivity index (χ1n) is 7.44. The van der Waals surface area contributed by atoms with Crippen LogP contribution < -0.4 is 9.47 Å². The molecule has 27 heavy (non-hydrogen) atoms. The molecule has 3 aromatic rings. The number of H-pyrrole nitrogens is 1. The molecule has 0 saturated heterocycles. The van der Waals surface area contributed by atoms with Crippen LogP contribution in [0.1, 0.15) is 16.8 Å². The SMILES string of the molecule is COc1ccc2nc([S@+]([O-])Cc3ncc(C)c(OC)c3C)[nH]c2c1.O.O.[MgH2]. The minimum absolute atomic E-state index is 0. The number of aryl methyl sites for hydroxylation is 1. The van der Waals surface area contributed by atoms with Gasteiger partial charge >= 0.3 is 28.2 Å². The van der Waals surface area contributed by atoms with E-state index in [1.54, 1.807) is 20.4 Å². The molecule has 146 valence electrons. The number of rotatable bonds is 5. The van der Waals surface area contributed by atoms with Gasteiger partial charge in [-0.05, 0) is 26.0 Å². The quantitative estimate of drug-likeness (QED) is 0.478. The molecule has 2 aromatic heterocycles. The first-order valence-corrected chi connectivity index (χ1v) is 8.76. The third kappa shape index (κ3) is 5.24. The first-order chi connectivity index (χ1) is 11.5. The van der Waals surface area contributed by atoms with Crippen molar-refractivity contribution < 1.29 is 25.0 Å². The molecule has 0 aliphatic carbocycles. The Kier molecular flexibility index (Phi) is 10.1. The zero-order valence-corrected chi connectivity index (χ0v) is 15.9. The van der Waals surface area contributed by atoms with E-state index in [4.69, 9.17) is 9.47 Å². The summed E-state index contributed by atoms with van der Waals surface area (Å²) in [5.41, 5.74) is 4.16. The van der Waals surface area contributed by atoms with E-state index in [1.807, 2.05) is 32.0 Å². The molecule has 2 heterocycles. The maximum Gasteiger partial charge on any atom is 0.322 e. The van der Waals surface area contributed by atoms with Gasteiger partial charge in [-0.3, -0.25) is 9.97 Å². The van der Waals surface area contributed by atoms with Crippen LogP contribution >= 0.6 is 0 Å². The van der Waals surface area contributed by atoms with Gasteiger partial charge < -0.3 is 25.0 Å². The average molecular weight is 408 g/mol. The number of aromatic amines is 1. The molecular formula is C17H25MgN3O5S. The highest BCUT2D eigenvalue weighted by Crippen LogP contribution is 2.27. The predicted octanol–water partition coefficient (Wildman–Crippen LogP) is 0.334. The Morgan fingerprint density at radius 3 is 2.48 bits per heavy atom. The topological polar surface area (TPSA) is 146 Å². The number of imidazole rings is 1. The fourth-order valence-electron chi connectivity index (χ4n) is 2.61. The number of hydrogen-bond acceptors (Lipinski definition) is 5. The molecule has 0 aliphatic heterocycles. The lowest BCUT2D eigenvalue weighted by molar-refractivity contribution is 0.407. The van der Waals surface area contributed by atoms with Gasteiger partial charge in [-0.1, -0.05) is 0 Å². The smallest absolute Gasteiger partial charge is 0.322 e. The predicted molar refractivity (Wildman–Crippen MR) is 109 cm³/mol. The molecule has 8 nitrogen and oxygen atoms in total. The molecule has 1 atom stereocenters. The van der Waals surface area contributed by atoms with Gasteiger partial charge in [0.25, 0.3) is 0 Å². The number of nitrogens with zero attached hydrogens (tertiary/aromatic N) is 2. The Bertz CT molecular complexity index is 890. The van der Waals surface area contributed by atoms with Gasteiger partial charge in [0, 0.05) is 34.6 Å². The number of fused-ring (bicyclic) bond motifs is 1. The van der Waals surface area contributed by atoms with E-state index in [0.717, 1.165) is 39.4 Å². The largest absolute Gasteiger partial charge is 0.609 e. The van der Waals surface area contributed by atoms with E-state index < -0.39 is 11.2 Å². The zero-order valence-electron chi connectivity index (χ0n) is 15.0. The van der Waals surface area contributed by atoms with E-state index in [9.17, 15) is 4.55 Å². The van der Waals surface area contributed by atoms with Crippen LogP contribution in [0.3, 0.4) is 0 Å². The van der Waals surface area contributed by atoms with Crippen molar-refractivity contribution in [3.8, 4) is 11.5 Å². The van der Waals surface area contributed by atoms with Crippen molar-refractivity contribution in [2.24, 2.45) is 0 Å². The van der Waals surface area contributed by atoms with Gasteiger partial charge in [0.1, 0.15) is 11.5 Å². The summed E-state index contributed by atoms with van der Waals surface area (Å²) in [5, 5.41) is 0.430. The molecule has 1 aromatic carbocycles. The average Bonchev–Trinajstić information content (AvgIpc) is 3.01. The Balaban J connectivity index is 0.00000225. The van der Waals surface area contributed by atoms with Crippen LogP contribution in [-0.4, -0.2) is 67.7 Å². The van der Waals surface area contributed by atoms with Crippen molar-refractivity contribution in [3.05, 3.63) is 41.2 Å². The minimum atomic E-state index is -1.33. The monoisotopic (exact) mass is 407 g/mol. The molecule has 3 rings (SSSR count). The molecule has 0 bridgehead atoms. The number of benzene rings is 1. The molecule has 0 unspecified atom stereocenters. The van der Waals surface area contributed by atoms with Crippen molar-refractivity contribution >= 4 is 45.3 Å².